The number of amidine groups is 1. The normalized spacial score (nSPS) is 13.4. The number of halogens is 1. The first-order valence-corrected chi connectivity index (χ1v) is 6.29. The van der Waals surface area contributed by atoms with Crippen molar-refractivity contribution in [2.75, 3.05) is 0 Å². The summed E-state index contributed by atoms with van der Waals surface area (Å²) < 4.78 is 0. The molecule has 6 heteroatoms. The smallest absolute Gasteiger partial charge is 0.252 e. The van der Waals surface area contributed by atoms with Crippen molar-refractivity contribution in [2.45, 2.75) is 26.8 Å². The van der Waals surface area contributed by atoms with E-state index in [9.17, 15) is 4.79 Å². The largest absolute Gasteiger partial charge is 0.409 e. The highest BCUT2D eigenvalue weighted by molar-refractivity contribution is 6.31. The van der Waals surface area contributed by atoms with Crippen LogP contribution in [0.15, 0.2) is 23.4 Å². The van der Waals surface area contributed by atoms with Crippen LogP contribution in [0.2, 0.25) is 5.02 Å². The molecule has 0 spiro atoms. The Morgan fingerprint density at radius 1 is 1.47 bits per heavy atom. The molecule has 104 valence electrons. The number of nitrogens with two attached hydrogens (primary N) is 1. The fourth-order valence-corrected chi connectivity index (χ4v) is 1.87. The van der Waals surface area contributed by atoms with E-state index in [-0.39, 0.29) is 17.7 Å². The Kier molecular flexibility index (Phi) is 5.18. The van der Waals surface area contributed by atoms with Crippen molar-refractivity contribution in [2.24, 2.45) is 16.8 Å². The van der Waals surface area contributed by atoms with Crippen LogP contribution in [0.5, 0.6) is 0 Å². The fraction of sp³-hybridized carbons (Fsp3) is 0.385. The molecule has 0 saturated carbocycles. The summed E-state index contributed by atoms with van der Waals surface area (Å²) >= 11 is 5.88. The molecule has 0 saturated heterocycles. The molecule has 1 amide bonds. The molecule has 1 rings (SSSR count). The number of amides is 1. The molecule has 0 bridgehead atoms. The lowest BCUT2D eigenvalue weighted by Crippen LogP contribution is -2.48. The van der Waals surface area contributed by atoms with Crippen LogP contribution in [0.25, 0.3) is 0 Å². The van der Waals surface area contributed by atoms with E-state index in [1.54, 1.807) is 18.2 Å². The highest BCUT2D eigenvalue weighted by Gasteiger charge is 2.22. The minimum atomic E-state index is -0.532. The average Bonchev–Trinajstić information content (AvgIpc) is 2.37. The van der Waals surface area contributed by atoms with Gasteiger partial charge in [0, 0.05) is 10.6 Å². The molecular weight excluding hydrogens is 266 g/mol. The third-order valence-electron chi connectivity index (χ3n) is 2.83. The Hall–Kier alpha value is -1.75. The van der Waals surface area contributed by atoms with Gasteiger partial charge >= 0.3 is 0 Å². The van der Waals surface area contributed by atoms with Crippen molar-refractivity contribution in [3.63, 3.8) is 0 Å². The summed E-state index contributed by atoms with van der Waals surface area (Å²) in [6.45, 7) is 5.56. The zero-order valence-corrected chi connectivity index (χ0v) is 11.9. The van der Waals surface area contributed by atoms with Crippen LogP contribution in [-0.4, -0.2) is 23.0 Å². The first-order valence-electron chi connectivity index (χ1n) is 5.91. The first kappa shape index (κ1) is 15.3. The van der Waals surface area contributed by atoms with Gasteiger partial charge in [0.25, 0.3) is 5.91 Å². The second kappa shape index (κ2) is 6.43. The summed E-state index contributed by atoms with van der Waals surface area (Å²) in [7, 11) is 0. The standard InChI is InChI=1S/C13H18ClN3O2/c1-7(2)11(12(15)17-19)16-13(18)10-6-9(14)5-4-8(10)3/h4-7,11,19H,1-3H3,(H2,15,17)(H,16,18). The first-order chi connectivity index (χ1) is 8.86. The predicted octanol–water partition coefficient (Wildman–Crippen LogP) is 2.15. The summed E-state index contributed by atoms with van der Waals surface area (Å²) in [5, 5.41) is 14.9. The van der Waals surface area contributed by atoms with E-state index in [4.69, 9.17) is 22.5 Å². The van der Waals surface area contributed by atoms with E-state index in [1.165, 1.54) is 0 Å². The number of hydrogen-bond acceptors (Lipinski definition) is 3. The highest BCUT2D eigenvalue weighted by atomic mass is 35.5. The molecule has 0 aliphatic heterocycles. The minimum Gasteiger partial charge on any atom is -0.409 e. The molecule has 0 aliphatic rings. The quantitative estimate of drug-likeness (QED) is 0.342. The van der Waals surface area contributed by atoms with Gasteiger partial charge in [-0.3, -0.25) is 4.79 Å². The molecule has 4 N–H and O–H groups in total. The summed E-state index contributed by atoms with van der Waals surface area (Å²) in [5.41, 5.74) is 6.86. The summed E-state index contributed by atoms with van der Waals surface area (Å²) in [6, 6.07) is 4.55. The number of rotatable bonds is 4. The van der Waals surface area contributed by atoms with Gasteiger partial charge in [-0.25, -0.2) is 0 Å². The van der Waals surface area contributed by atoms with Crippen molar-refractivity contribution in [3.05, 3.63) is 34.3 Å². The second-order valence-electron chi connectivity index (χ2n) is 4.68. The number of nitrogens with zero attached hydrogens (tertiary/aromatic N) is 1. The lowest BCUT2D eigenvalue weighted by atomic mass is 10.0. The molecule has 5 nitrogen and oxygen atoms in total. The number of carbonyl (C=O) groups excluding carboxylic acids is 1. The van der Waals surface area contributed by atoms with Crippen molar-refractivity contribution in [1.82, 2.24) is 5.32 Å². The maximum atomic E-state index is 12.2. The second-order valence-corrected chi connectivity index (χ2v) is 5.12. The summed E-state index contributed by atoms with van der Waals surface area (Å²) in [4.78, 5) is 12.2. The maximum Gasteiger partial charge on any atom is 0.252 e. The zero-order valence-electron chi connectivity index (χ0n) is 11.1. The van der Waals surface area contributed by atoms with E-state index in [0.29, 0.717) is 10.6 Å². The van der Waals surface area contributed by atoms with Crippen molar-refractivity contribution >= 4 is 23.3 Å². The molecule has 0 heterocycles. The molecule has 19 heavy (non-hydrogen) atoms. The van der Waals surface area contributed by atoms with Gasteiger partial charge in [-0.05, 0) is 30.5 Å². The van der Waals surface area contributed by atoms with Crippen LogP contribution in [0.3, 0.4) is 0 Å². The minimum absolute atomic E-state index is 0.000611. The van der Waals surface area contributed by atoms with Gasteiger partial charge < -0.3 is 16.3 Å². The summed E-state index contributed by atoms with van der Waals surface area (Å²) in [6.07, 6.45) is 0. The fourth-order valence-electron chi connectivity index (χ4n) is 1.70. The number of carbonyl (C=O) groups is 1. The van der Waals surface area contributed by atoms with E-state index in [1.807, 2.05) is 20.8 Å². The lowest BCUT2D eigenvalue weighted by Gasteiger charge is -2.21. The topological polar surface area (TPSA) is 87.7 Å². The van der Waals surface area contributed by atoms with Crippen LogP contribution in [0.4, 0.5) is 0 Å². The van der Waals surface area contributed by atoms with Crippen LogP contribution in [-0.2, 0) is 0 Å². The van der Waals surface area contributed by atoms with Gasteiger partial charge in [0.2, 0.25) is 0 Å². The molecular formula is C13H18ClN3O2. The molecule has 0 fully saturated rings. The molecule has 0 aliphatic carbocycles. The third kappa shape index (κ3) is 3.86. The van der Waals surface area contributed by atoms with Gasteiger partial charge in [-0.1, -0.05) is 36.7 Å². The Morgan fingerprint density at radius 2 is 2.11 bits per heavy atom. The Bertz CT molecular complexity index is 501. The third-order valence-corrected chi connectivity index (χ3v) is 3.07. The van der Waals surface area contributed by atoms with Crippen LogP contribution >= 0.6 is 11.6 Å². The van der Waals surface area contributed by atoms with Gasteiger partial charge in [0.05, 0.1) is 6.04 Å². The van der Waals surface area contributed by atoms with Gasteiger partial charge in [-0.15, -0.1) is 0 Å². The maximum absolute atomic E-state index is 12.2. The van der Waals surface area contributed by atoms with Crippen molar-refractivity contribution in [3.8, 4) is 0 Å². The molecule has 1 atom stereocenters. The van der Waals surface area contributed by atoms with Gasteiger partial charge in [-0.2, -0.15) is 0 Å². The molecule has 0 aromatic heterocycles. The van der Waals surface area contributed by atoms with Gasteiger partial charge in [0.15, 0.2) is 5.84 Å². The SMILES string of the molecule is Cc1ccc(Cl)cc1C(=O)NC(/C(N)=N/O)C(C)C. The molecule has 1 aromatic carbocycles. The molecule has 1 unspecified atom stereocenters. The van der Waals surface area contributed by atoms with Crippen LogP contribution in [0.1, 0.15) is 29.8 Å². The van der Waals surface area contributed by atoms with Crippen LogP contribution < -0.4 is 11.1 Å². The van der Waals surface area contributed by atoms with Crippen molar-refractivity contribution < 1.29 is 10.0 Å². The molecule has 0 radical (unpaired) electrons. The monoisotopic (exact) mass is 283 g/mol. The number of hydrogen-bond donors (Lipinski definition) is 3. The Balaban J connectivity index is 2.97. The van der Waals surface area contributed by atoms with E-state index >= 15 is 0 Å². The number of oxime groups is 1. The number of aryl methyl sites for hydroxylation is 1. The highest BCUT2D eigenvalue weighted by Crippen LogP contribution is 2.16. The number of nitrogens with one attached hydrogen (secondary N) is 1. The lowest BCUT2D eigenvalue weighted by molar-refractivity contribution is 0.0938. The van der Waals surface area contributed by atoms with E-state index in [0.717, 1.165) is 5.56 Å². The molecule has 1 aromatic rings. The summed E-state index contributed by atoms with van der Waals surface area (Å²) in [5.74, 6) is -0.326. The van der Waals surface area contributed by atoms with Crippen molar-refractivity contribution in [1.29, 1.82) is 0 Å². The zero-order chi connectivity index (χ0) is 14.6. The van der Waals surface area contributed by atoms with E-state index in [2.05, 4.69) is 10.5 Å². The predicted molar refractivity (Wildman–Crippen MR) is 75.7 cm³/mol. The number of benzene rings is 1. The Morgan fingerprint density at radius 3 is 2.63 bits per heavy atom. The average molecular weight is 284 g/mol. The van der Waals surface area contributed by atoms with E-state index < -0.39 is 6.04 Å². The Labute approximate surface area is 117 Å². The van der Waals surface area contributed by atoms with Gasteiger partial charge in [0.1, 0.15) is 0 Å². The van der Waals surface area contributed by atoms with Crippen LogP contribution in [0, 0.1) is 12.8 Å².